The molecule has 25 heavy (non-hydrogen) atoms. The van der Waals surface area contributed by atoms with Crippen LogP contribution in [-0.2, 0) is 0 Å². The summed E-state index contributed by atoms with van der Waals surface area (Å²) in [7, 11) is 2.01. The summed E-state index contributed by atoms with van der Waals surface area (Å²) >= 11 is 0. The molecule has 2 aliphatic heterocycles. The molecular weight excluding hydrogens is 322 g/mol. The van der Waals surface area contributed by atoms with E-state index in [4.69, 9.17) is 0 Å². The van der Waals surface area contributed by atoms with Gasteiger partial charge in [-0.25, -0.2) is 8.78 Å². The molecule has 0 aromatic heterocycles. The lowest BCUT2D eigenvalue weighted by molar-refractivity contribution is 0.413. The van der Waals surface area contributed by atoms with Gasteiger partial charge in [-0.2, -0.15) is 5.26 Å². The number of piperidine rings is 1. The van der Waals surface area contributed by atoms with E-state index in [1.165, 1.54) is 18.2 Å². The van der Waals surface area contributed by atoms with Gasteiger partial charge in [0.2, 0.25) is 0 Å². The van der Waals surface area contributed by atoms with E-state index >= 15 is 0 Å². The number of hydrogen-bond donors (Lipinski definition) is 2. The zero-order chi connectivity index (χ0) is 17.6. The molecule has 2 aromatic carbocycles. The quantitative estimate of drug-likeness (QED) is 0.879. The average Bonchev–Trinajstić information content (AvgIpc) is 2.91. The first-order valence-electron chi connectivity index (χ1n) is 8.32. The van der Waals surface area contributed by atoms with Gasteiger partial charge >= 0.3 is 0 Å². The topological polar surface area (TPSA) is 51.1 Å². The molecule has 2 N–H and O–H groups in total. The summed E-state index contributed by atoms with van der Waals surface area (Å²) in [6.45, 7) is 1.79. The number of halogens is 2. The number of hydrogen-bond acceptors (Lipinski definition) is 4. The van der Waals surface area contributed by atoms with Crippen molar-refractivity contribution in [2.45, 2.75) is 18.4 Å². The number of likely N-dealkylation sites (N-methyl/N-ethyl adjacent to an activating group) is 1. The Balaban J connectivity index is 1.79. The van der Waals surface area contributed by atoms with E-state index in [1.807, 2.05) is 13.1 Å². The van der Waals surface area contributed by atoms with Crippen LogP contribution in [0.1, 0.15) is 23.5 Å². The fraction of sp³-hybridized carbons (Fsp3) is 0.316. The van der Waals surface area contributed by atoms with Crippen molar-refractivity contribution in [3.05, 3.63) is 53.1 Å². The van der Waals surface area contributed by atoms with Crippen molar-refractivity contribution in [2.75, 3.05) is 30.4 Å². The number of para-hydroxylation sites is 1. The Hall–Kier alpha value is -2.65. The summed E-state index contributed by atoms with van der Waals surface area (Å²) in [5, 5.41) is 15.8. The van der Waals surface area contributed by atoms with Gasteiger partial charge in [-0.05, 0) is 42.8 Å². The Labute approximate surface area is 145 Å². The number of nitrogens with one attached hydrogen (secondary N) is 2. The van der Waals surface area contributed by atoms with Crippen LogP contribution < -0.4 is 15.5 Å². The molecule has 0 spiro atoms. The molecule has 2 aliphatic rings. The number of rotatable bonds is 2. The monoisotopic (exact) mass is 340 g/mol. The summed E-state index contributed by atoms with van der Waals surface area (Å²) in [5.74, 6) is -1.05. The summed E-state index contributed by atoms with van der Waals surface area (Å²) in [5.41, 5.74) is 2.84. The minimum atomic E-state index is -0.659. The molecule has 0 aliphatic carbocycles. The Morgan fingerprint density at radius 2 is 2.04 bits per heavy atom. The first kappa shape index (κ1) is 15.9. The van der Waals surface area contributed by atoms with Gasteiger partial charge < -0.3 is 15.5 Å². The highest BCUT2D eigenvalue weighted by Crippen LogP contribution is 2.45. The maximum atomic E-state index is 13.9. The van der Waals surface area contributed by atoms with Crippen LogP contribution in [0.5, 0.6) is 0 Å². The van der Waals surface area contributed by atoms with Crippen LogP contribution in [0.4, 0.5) is 25.8 Å². The SMILES string of the molecule is CN1c2c(C#N)cc(Nc3c(F)cccc3F)cc2[C@@H]2CNCC[C@@H]21. The smallest absolute Gasteiger partial charge is 0.149 e. The Morgan fingerprint density at radius 1 is 1.28 bits per heavy atom. The molecule has 4 rings (SSSR count). The largest absolute Gasteiger partial charge is 0.370 e. The molecule has 1 saturated heterocycles. The minimum absolute atomic E-state index is 0.198. The third-order valence-electron chi connectivity index (χ3n) is 5.19. The van der Waals surface area contributed by atoms with Gasteiger partial charge in [0.05, 0.1) is 11.3 Å². The van der Waals surface area contributed by atoms with E-state index in [9.17, 15) is 14.0 Å². The Morgan fingerprint density at radius 3 is 2.76 bits per heavy atom. The Kier molecular flexibility index (Phi) is 3.81. The molecule has 0 amide bonds. The van der Waals surface area contributed by atoms with Gasteiger partial charge in [-0.1, -0.05) is 6.07 Å². The molecular formula is C19H18F2N4. The van der Waals surface area contributed by atoms with Crippen LogP contribution in [0.3, 0.4) is 0 Å². The predicted octanol–water partition coefficient (Wildman–Crippen LogP) is 3.48. The van der Waals surface area contributed by atoms with Gasteiger partial charge in [-0.3, -0.25) is 0 Å². The molecule has 4 nitrogen and oxygen atoms in total. The van der Waals surface area contributed by atoms with Gasteiger partial charge in [0.25, 0.3) is 0 Å². The van der Waals surface area contributed by atoms with Crippen LogP contribution in [0, 0.1) is 23.0 Å². The van der Waals surface area contributed by atoms with Crippen molar-refractivity contribution < 1.29 is 8.78 Å². The Bertz CT molecular complexity index is 854. The molecule has 2 aromatic rings. The highest BCUT2D eigenvalue weighted by molar-refractivity contribution is 5.76. The van der Waals surface area contributed by atoms with Gasteiger partial charge in [0.1, 0.15) is 23.4 Å². The molecule has 1 fully saturated rings. The number of benzene rings is 2. The van der Waals surface area contributed by atoms with E-state index in [1.54, 1.807) is 6.07 Å². The van der Waals surface area contributed by atoms with E-state index < -0.39 is 11.6 Å². The predicted molar refractivity (Wildman–Crippen MR) is 93.2 cm³/mol. The van der Waals surface area contributed by atoms with Crippen LogP contribution in [0.2, 0.25) is 0 Å². The second-order valence-electron chi connectivity index (χ2n) is 6.57. The average molecular weight is 340 g/mol. The molecule has 0 unspecified atom stereocenters. The number of nitrogens with zero attached hydrogens (tertiary/aromatic N) is 2. The lowest BCUT2D eigenvalue weighted by Crippen LogP contribution is -2.42. The standard InChI is InChI=1S/C19H18F2N4/c1-25-17-5-6-23-10-14(17)13-8-12(7-11(9-22)19(13)25)24-18-15(20)3-2-4-16(18)21/h2-4,7-8,14,17,23-24H,5-6,10H2,1H3/t14-,17-/m0/s1. The summed E-state index contributed by atoms with van der Waals surface area (Å²) in [4.78, 5) is 2.17. The second-order valence-corrected chi connectivity index (χ2v) is 6.57. The maximum Gasteiger partial charge on any atom is 0.149 e. The summed E-state index contributed by atoms with van der Waals surface area (Å²) in [6.07, 6.45) is 1.01. The first-order valence-corrected chi connectivity index (χ1v) is 8.32. The molecule has 0 radical (unpaired) electrons. The van der Waals surface area contributed by atoms with Crippen LogP contribution in [0.25, 0.3) is 0 Å². The van der Waals surface area contributed by atoms with Crippen molar-refractivity contribution >= 4 is 17.1 Å². The highest BCUT2D eigenvalue weighted by atomic mass is 19.1. The molecule has 128 valence electrons. The molecule has 0 bridgehead atoms. The highest BCUT2D eigenvalue weighted by Gasteiger charge is 2.39. The number of nitriles is 1. The number of anilines is 3. The van der Waals surface area contributed by atoms with Gasteiger partial charge in [-0.15, -0.1) is 0 Å². The molecule has 2 heterocycles. The zero-order valence-corrected chi connectivity index (χ0v) is 13.8. The zero-order valence-electron chi connectivity index (χ0n) is 13.8. The fourth-order valence-electron chi connectivity index (χ4n) is 4.04. The third-order valence-corrected chi connectivity index (χ3v) is 5.19. The fourth-order valence-corrected chi connectivity index (χ4v) is 4.04. The normalized spacial score (nSPS) is 21.4. The van der Waals surface area contributed by atoms with Gasteiger partial charge in [0, 0.05) is 31.2 Å². The van der Waals surface area contributed by atoms with Crippen LogP contribution in [0.15, 0.2) is 30.3 Å². The first-order chi connectivity index (χ1) is 12.1. The third kappa shape index (κ3) is 2.52. The second kappa shape index (κ2) is 6.01. The lowest BCUT2D eigenvalue weighted by atomic mass is 9.89. The van der Waals surface area contributed by atoms with E-state index in [-0.39, 0.29) is 11.6 Å². The molecule has 2 atom stereocenters. The van der Waals surface area contributed by atoms with Crippen LogP contribution >= 0.6 is 0 Å². The summed E-state index contributed by atoms with van der Waals surface area (Å²) in [6, 6.07) is 9.90. The van der Waals surface area contributed by atoms with E-state index in [2.05, 4.69) is 21.6 Å². The minimum Gasteiger partial charge on any atom is -0.370 e. The van der Waals surface area contributed by atoms with E-state index in [0.29, 0.717) is 17.3 Å². The van der Waals surface area contributed by atoms with Crippen molar-refractivity contribution in [1.29, 1.82) is 5.26 Å². The van der Waals surface area contributed by atoms with Crippen LogP contribution in [-0.4, -0.2) is 26.2 Å². The van der Waals surface area contributed by atoms with Crippen molar-refractivity contribution in [3.8, 4) is 6.07 Å². The number of fused-ring (bicyclic) bond motifs is 3. The lowest BCUT2D eigenvalue weighted by Gasteiger charge is -2.31. The molecule has 6 heteroatoms. The van der Waals surface area contributed by atoms with Crippen molar-refractivity contribution in [2.24, 2.45) is 0 Å². The van der Waals surface area contributed by atoms with Gasteiger partial charge in [0.15, 0.2) is 0 Å². The van der Waals surface area contributed by atoms with Crippen molar-refractivity contribution in [1.82, 2.24) is 5.32 Å². The summed E-state index contributed by atoms with van der Waals surface area (Å²) < 4.78 is 27.9. The molecule has 0 saturated carbocycles. The van der Waals surface area contributed by atoms with E-state index in [0.717, 1.165) is 30.8 Å². The van der Waals surface area contributed by atoms with Crippen molar-refractivity contribution in [3.63, 3.8) is 0 Å². The maximum absolute atomic E-state index is 13.9.